The van der Waals surface area contributed by atoms with Crippen molar-refractivity contribution < 1.29 is 9.32 Å². The summed E-state index contributed by atoms with van der Waals surface area (Å²) in [5.41, 5.74) is 1.95. The molecule has 5 heteroatoms. The highest BCUT2D eigenvalue weighted by Crippen LogP contribution is 2.27. The second-order valence-corrected chi connectivity index (χ2v) is 7.13. The number of hydrogen-bond acceptors (Lipinski definition) is 4. The molecule has 0 atom stereocenters. The van der Waals surface area contributed by atoms with Gasteiger partial charge in [0.05, 0.1) is 6.54 Å². The van der Waals surface area contributed by atoms with Crippen molar-refractivity contribution in [3.8, 4) is 11.3 Å². The molecule has 2 fully saturated rings. The van der Waals surface area contributed by atoms with Crippen molar-refractivity contribution in [2.45, 2.75) is 32.2 Å². The summed E-state index contributed by atoms with van der Waals surface area (Å²) in [6.45, 7) is 4.22. The van der Waals surface area contributed by atoms with Gasteiger partial charge in [-0.3, -0.25) is 9.69 Å². The maximum absolute atomic E-state index is 12.5. The van der Waals surface area contributed by atoms with Gasteiger partial charge < -0.3 is 9.42 Å². The minimum absolute atomic E-state index is 0.286. The molecule has 2 aliphatic rings. The highest BCUT2D eigenvalue weighted by Gasteiger charge is 2.29. The SMILES string of the molecule is O=C(C1CCCC1)N1CCN(Cc2cc(-c3ccccc3)no2)CC1. The van der Waals surface area contributed by atoms with Gasteiger partial charge in [0, 0.05) is 43.7 Å². The van der Waals surface area contributed by atoms with E-state index in [9.17, 15) is 4.79 Å². The van der Waals surface area contributed by atoms with E-state index in [0.717, 1.165) is 62.6 Å². The predicted octanol–water partition coefficient (Wildman–Crippen LogP) is 3.18. The van der Waals surface area contributed by atoms with E-state index >= 15 is 0 Å². The molecule has 1 saturated carbocycles. The van der Waals surface area contributed by atoms with Gasteiger partial charge in [-0.2, -0.15) is 0 Å². The number of benzene rings is 1. The van der Waals surface area contributed by atoms with Crippen molar-refractivity contribution in [1.82, 2.24) is 15.0 Å². The van der Waals surface area contributed by atoms with E-state index in [1.54, 1.807) is 0 Å². The molecule has 4 rings (SSSR count). The maximum Gasteiger partial charge on any atom is 0.225 e. The van der Waals surface area contributed by atoms with Crippen molar-refractivity contribution in [1.29, 1.82) is 0 Å². The monoisotopic (exact) mass is 339 g/mol. The van der Waals surface area contributed by atoms with Crippen LogP contribution in [0.5, 0.6) is 0 Å². The normalized spacial score (nSPS) is 19.4. The van der Waals surface area contributed by atoms with Crippen LogP contribution >= 0.6 is 0 Å². The molecule has 1 aliphatic heterocycles. The van der Waals surface area contributed by atoms with Crippen LogP contribution in [0.4, 0.5) is 0 Å². The molecule has 1 amide bonds. The number of carbonyl (C=O) groups is 1. The minimum atomic E-state index is 0.286. The summed E-state index contributed by atoms with van der Waals surface area (Å²) in [5, 5.41) is 4.18. The summed E-state index contributed by atoms with van der Waals surface area (Å²) < 4.78 is 5.51. The number of hydrogen-bond donors (Lipinski definition) is 0. The second kappa shape index (κ2) is 7.40. The van der Waals surface area contributed by atoms with Crippen LogP contribution in [0.15, 0.2) is 40.9 Å². The Morgan fingerprint density at radius 2 is 1.80 bits per heavy atom. The first kappa shape index (κ1) is 16.3. The number of rotatable bonds is 4. The van der Waals surface area contributed by atoms with Crippen LogP contribution in [0.3, 0.4) is 0 Å². The average molecular weight is 339 g/mol. The van der Waals surface area contributed by atoms with E-state index in [1.807, 2.05) is 36.4 Å². The molecular weight excluding hydrogens is 314 g/mol. The third-order valence-corrected chi connectivity index (χ3v) is 5.40. The molecule has 5 nitrogen and oxygen atoms in total. The van der Waals surface area contributed by atoms with Crippen molar-refractivity contribution in [3.05, 3.63) is 42.2 Å². The van der Waals surface area contributed by atoms with Crippen LogP contribution in [0.1, 0.15) is 31.4 Å². The van der Waals surface area contributed by atoms with E-state index in [2.05, 4.69) is 15.0 Å². The summed E-state index contributed by atoms with van der Waals surface area (Å²) in [6.07, 6.45) is 4.59. The molecule has 0 bridgehead atoms. The van der Waals surface area contributed by atoms with Crippen LogP contribution in [0, 0.1) is 5.92 Å². The van der Waals surface area contributed by atoms with Gasteiger partial charge in [-0.25, -0.2) is 0 Å². The zero-order valence-electron chi connectivity index (χ0n) is 14.6. The number of nitrogens with zero attached hydrogens (tertiary/aromatic N) is 3. The Morgan fingerprint density at radius 1 is 1.08 bits per heavy atom. The van der Waals surface area contributed by atoms with E-state index < -0.39 is 0 Å². The molecule has 1 aromatic carbocycles. The van der Waals surface area contributed by atoms with Crippen molar-refractivity contribution in [3.63, 3.8) is 0 Å². The molecule has 0 N–H and O–H groups in total. The lowest BCUT2D eigenvalue weighted by molar-refractivity contribution is -0.137. The van der Waals surface area contributed by atoms with Gasteiger partial charge in [-0.1, -0.05) is 48.3 Å². The first-order valence-corrected chi connectivity index (χ1v) is 9.32. The van der Waals surface area contributed by atoms with Gasteiger partial charge in [0.2, 0.25) is 5.91 Å². The van der Waals surface area contributed by atoms with E-state index in [0.29, 0.717) is 5.91 Å². The summed E-state index contributed by atoms with van der Waals surface area (Å²) in [7, 11) is 0. The van der Waals surface area contributed by atoms with E-state index in [1.165, 1.54) is 12.8 Å². The van der Waals surface area contributed by atoms with Gasteiger partial charge in [0.15, 0.2) is 5.76 Å². The molecule has 2 heterocycles. The fraction of sp³-hybridized carbons (Fsp3) is 0.500. The Hall–Kier alpha value is -2.14. The molecular formula is C20H25N3O2. The van der Waals surface area contributed by atoms with Gasteiger partial charge >= 0.3 is 0 Å². The van der Waals surface area contributed by atoms with Crippen LogP contribution in [0.2, 0.25) is 0 Å². The summed E-state index contributed by atoms with van der Waals surface area (Å²) in [6, 6.07) is 12.1. The minimum Gasteiger partial charge on any atom is -0.359 e. The van der Waals surface area contributed by atoms with E-state index in [-0.39, 0.29) is 5.92 Å². The summed E-state index contributed by atoms with van der Waals surface area (Å²) >= 11 is 0. The molecule has 1 aromatic heterocycles. The van der Waals surface area contributed by atoms with Crippen LogP contribution < -0.4 is 0 Å². The fourth-order valence-electron chi connectivity index (χ4n) is 3.91. The zero-order valence-corrected chi connectivity index (χ0v) is 14.6. The third kappa shape index (κ3) is 3.76. The lowest BCUT2D eigenvalue weighted by atomic mass is 10.1. The van der Waals surface area contributed by atoms with E-state index in [4.69, 9.17) is 4.52 Å². The van der Waals surface area contributed by atoms with Gasteiger partial charge in [0.25, 0.3) is 0 Å². The zero-order chi connectivity index (χ0) is 17.1. The number of piperazine rings is 1. The van der Waals surface area contributed by atoms with Crippen LogP contribution in [-0.2, 0) is 11.3 Å². The Balaban J connectivity index is 1.30. The van der Waals surface area contributed by atoms with Gasteiger partial charge in [0.1, 0.15) is 5.69 Å². The van der Waals surface area contributed by atoms with Gasteiger partial charge in [-0.05, 0) is 12.8 Å². The molecule has 1 saturated heterocycles. The first-order chi connectivity index (χ1) is 12.3. The molecule has 25 heavy (non-hydrogen) atoms. The molecule has 0 radical (unpaired) electrons. The smallest absolute Gasteiger partial charge is 0.225 e. The number of carbonyl (C=O) groups excluding carboxylic acids is 1. The maximum atomic E-state index is 12.5. The number of aromatic nitrogens is 1. The molecule has 0 spiro atoms. The topological polar surface area (TPSA) is 49.6 Å². The molecule has 1 aliphatic carbocycles. The molecule has 2 aromatic rings. The Morgan fingerprint density at radius 3 is 2.52 bits per heavy atom. The Labute approximate surface area is 148 Å². The highest BCUT2D eigenvalue weighted by molar-refractivity contribution is 5.79. The standard InChI is InChI=1S/C20H25N3O2/c24-20(17-8-4-5-9-17)23-12-10-22(11-13-23)15-18-14-19(21-25-18)16-6-2-1-3-7-16/h1-3,6-7,14,17H,4-5,8-13,15H2. The molecule has 132 valence electrons. The van der Waals surface area contributed by atoms with Crippen molar-refractivity contribution in [2.75, 3.05) is 26.2 Å². The van der Waals surface area contributed by atoms with Crippen molar-refractivity contribution >= 4 is 5.91 Å². The summed E-state index contributed by atoms with van der Waals surface area (Å²) in [5.74, 6) is 1.55. The lowest BCUT2D eigenvalue weighted by Gasteiger charge is -2.35. The Kier molecular flexibility index (Phi) is 4.83. The lowest BCUT2D eigenvalue weighted by Crippen LogP contribution is -2.49. The summed E-state index contributed by atoms with van der Waals surface area (Å²) in [4.78, 5) is 16.9. The van der Waals surface area contributed by atoms with Crippen LogP contribution in [0.25, 0.3) is 11.3 Å². The predicted molar refractivity (Wildman–Crippen MR) is 95.8 cm³/mol. The Bertz CT molecular complexity index is 699. The van der Waals surface area contributed by atoms with Crippen LogP contribution in [-0.4, -0.2) is 47.0 Å². The fourth-order valence-corrected chi connectivity index (χ4v) is 3.91. The molecule has 0 unspecified atom stereocenters. The average Bonchev–Trinajstić information content (AvgIpc) is 3.35. The number of amides is 1. The first-order valence-electron chi connectivity index (χ1n) is 9.32. The quantitative estimate of drug-likeness (QED) is 0.858. The van der Waals surface area contributed by atoms with Crippen molar-refractivity contribution in [2.24, 2.45) is 5.92 Å². The van der Waals surface area contributed by atoms with Gasteiger partial charge in [-0.15, -0.1) is 0 Å². The second-order valence-electron chi connectivity index (χ2n) is 7.13. The third-order valence-electron chi connectivity index (χ3n) is 5.40. The largest absolute Gasteiger partial charge is 0.359 e. The highest BCUT2D eigenvalue weighted by atomic mass is 16.5.